The largest absolute Gasteiger partial charge is 0.465 e. The molecule has 0 saturated heterocycles. The van der Waals surface area contributed by atoms with E-state index in [1.54, 1.807) is 24.4 Å². The van der Waals surface area contributed by atoms with Crippen LogP contribution in [0.15, 0.2) is 36.5 Å². The summed E-state index contributed by atoms with van der Waals surface area (Å²) < 4.78 is 4.68. The molecule has 0 aliphatic heterocycles. The molecule has 6 heteroatoms. The van der Waals surface area contributed by atoms with Gasteiger partial charge in [0.05, 0.1) is 12.7 Å². The fourth-order valence-corrected chi connectivity index (χ4v) is 2.03. The summed E-state index contributed by atoms with van der Waals surface area (Å²) >= 11 is 0. The average molecular weight is 300 g/mol. The summed E-state index contributed by atoms with van der Waals surface area (Å²) in [5, 5.41) is 3.20. The van der Waals surface area contributed by atoms with Crippen molar-refractivity contribution in [3.63, 3.8) is 0 Å². The topological polar surface area (TPSA) is 67.4 Å². The van der Waals surface area contributed by atoms with Crippen LogP contribution in [0.1, 0.15) is 24.2 Å². The number of esters is 1. The molecule has 1 heterocycles. The highest BCUT2D eigenvalue weighted by molar-refractivity contribution is 5.89. The summed E-state index contributed by atoms with van der Waals surface area (Å²) in [5.41, 5.74) is 1.36. The van der Waals surface area contributed by atoms with E-state index < -0.39 is 0 Å². The van der Waals surface area contributed by atoms with Crippen molar-refractivity contribution in [2.45, 2.75) is 13.8 Å². The van der Waals surface area contributed by atoms with Gasteiger partial charge in [0.25, 0.3) is 0 Å². The molecule has 2 rings (SSSR count). The second-order valence-corrected chi connectivity index (χ2v) is 4.61. The molecule has 0 fully saturated rings. The lowest BCUT2D eigenvalue weighted by molar-refractivity contribution is 0.0601. The molecule has 0 unspecified atom stereocenters. The standard InChI is InChI=1S/C16H20N4O2/c1-4-20(5-2)16-17-11-10-14(19-16)18-13-8-6-12(7-9-13)15(21)22-3/h6-11H,4-5H2,1-3H3,(H,17,18,19). The second kappa shape index (κ2) is 7.40. The lowest BCUT2D eigenvalue weighted by atomic mass is 10.2. The number of methoxy groups -OCH3 is 1. The summed E-state index contributed by atoms with van der Waals surface area (Å²) in [7, 11) is 1.37. The van der Waals surface area contributed by atoms with E-state index >= 15 is 0 Å². The molecule has 1 aromatic heterocycles. The number of aromatic nitrogens is 2. The third-order valence-corrected chi connectivity index (χ3v) is 3.27. The Bertz CT molecular complexity index is 624. The monoisotopic (exact) mass is 300 g/mol. The molecule has 22 heavy (non-hydrogen) atoms. The highest BCUT2D eigenvalue weighted by Gasteiger charge is 2.07. The van der Waals surface area contributed by atoms with Gasteiger partial charge in [0.1, 0.15) is 5.82 Å². The number of benzene rings is 1. The predicted molar refractivity (Wildman–Crippen MR) is 86.7 cm³/mol. The van der Waals surface area contributed by atoms with Crippen molar-refractivity contribution in [3.8, 4) is 0 Å². The van der Waals surface area contributed by atoms with Gasteiger partial charge in [-0.15, -0.1) is 0 Å². The smallest absolute Gasteiger partial charge is 0.337 e. The van der Waals surface area contributed by atoms with Gasteiger partial charge in [-0.1, -0.05) is 0 Å². The number of carbonyl (C=O) groups excluding carboxylic acids is 1. The molecule has 2 aromatic rings. The van der Waals surface area contributed by atoms with Crippen LogP contribution in [0.3, 0.4) is 0 Å². The maximum atomic E-state index is 11.4. The van der Waals surface area contributed by atoms with Crippen molar-refractivity contribution in [3.05, 3.63) is 42.1 Å². The van der Waals surface area contributed by atoms with Gasteiger partial charge in [0.2, 0.25) is 5.95 Å². The Labute approximate surface area is 130 Å². The van der Waals surface area contributed by atoms with Crippen LogP contribution in [0, 0.1) is 0 Å². The molecule has 0 amide bonds. The zero-order valence-corrected chi connectivity index (χ0v) is 13.0. The van der Waals surface area contributed by atoms with E-state index in [1.165, 1.54) is 7.11 Å². The van der Waals surface area contributed by atoms with Gasteiger partial charge in [0.15, 0.2) is 0 Å². The quantitative estimate of drug-likeness (QED) is 0.827. The molecular weight excluding hydrogens is 280 g/mol. The summed E-state index contributed by atoms with van der Waals surface area (Å²) in [6.07, 6.45) is 1.73. The van der Waals surface area contributed by atoms with Gasteiger partial charge >= 0.3 is 5.97 Å². The average Bonchev–Trinajstić information content (AvgIpc) is 2.56. The van der Waals surface area contributed by atoms with Crippen molar-refractivity contribution in [2.24, 2.45) is 0 Å². The third kappa shape index (κ3) is 3.72. The number of nitrogens with one attached hydrogen (secondary N) is 1. The van der Waals surface area contributed by atoms with E-state index in [2.05, 4.69) is 38.8 Å². The van der Waals surface area contributed by atoms with Crippen LogP contribution in [0.4, 0.5) is 17.5 Å². The van der Waals surface area contributed by atoms with Crippen LogP contribution in [-0.4, -0.2) is 36.1 Å². The van der Waals surface area contributed by atoms with Crippen LogP contribution in [0.25, 0.3) is 0 Å². The van der Waals surface area contributed by atoms with Crippen molar-refractivity contribution < 1.29 is 9.53 Å². The zero-order valence-electron chi connectivity index (χ0n) is 13.0. The SMILES string of the molecule is CCN(CC)c1nccc(Nc2ccc(C(=O)OC)cc2)n1. The van der Waals surface area contributed by atoms with E-state index in [0.29, 0.717) is 17.3 Å². The first-order valence-corrected chi connectivity index (χ1v) is 7.21. The van der Waals surface area contributed by atoms with Gasteiger partial charge in [-0.25, -0.2) is 9.78 Å². The number of carbonyl (C=O) groups is 1. The number of ether oxygens (including phenoxy) is 1. The van der Waals surface area contributed by atoms with E-state index in [-0.39, 0.29) is 5.97 Å². The zero-order chi connectivity index (χ0) is 15.9. The normalized spacial score (nSPS) is 10.1. The Morgan fingerprint density at radius 1 is 1.18 bits per heavy atom. The van der Waals surface area contributed by atoms with Crippen molar-refractivity contribution >= 4 is 23.4 Å². The molecule has 0 aliphatic rings. The minimum atomic E-state index is -0.350. The molecule has 1 aromatic carbocycles. The highest BCUT2D eigenvalue weighted by Crippen LogP contribution is 2.17. The van der Waals surface area contributed by atoms with Gasteiger partial charge in [-0.05, 0) is 44.2 Å². The maximum absolute atomic E-state index is 11.4. The van der Waals surface area contributed by atoms with Crippen LogP contribution in [0.5, 0.6) is 0 Å². The van der Waals surface area contributed by atoms with Crippen molar-refractivity contribution in [1.29, 1.82) is 0 Å². The molecule has 1 N–H and O–H groups in total. The Hall–Kier alpha value is -2.63. The number of anilines is 3. The van der Waals surface area contributed by atoms with Crippen molar-refractivity contribution in [2.75, 3.05) is 30.4 Å². The summed E-state index contributed by atoms with van der Waals surface area (Å²) in [6.45, 7) is 5.85. The second-order valence-electron chi connectivity index (χ2n) is 4.61. The van der Waals surface area contributed by atoms with Gasteiger partial charge in [0, 0.05) is 25.0 Å². The van der Waals surface area contributed by atoms with Crippen molar-refractivity contribution in [1.82, 2.24) is 9.97 Å². The minimum absolute atomic E-state index is 0.350. The maximum Gasteiger partial charge on any atom is 0.337 e. The Morgan fingerprint density at radius 2 is 1.86 bits per heavy atom. The van der Waals surface area contributed by atoms with Gasteiger partial charge in [-0.3, -0.25) is 0 Å². The molecule has 116 valence electrons. The molecule has 0 radical (unpaired) electrons. The Balaban J connectivity index is 2.13. The number of hydrogen-bond acceptors (Lipinski definition) is 6. The summed E-state index contributed by atoms with van der Waals surface area (Å²) in [4.78, 5) is 22.3. The van der Waals surface area contributed by atoms with E-state index in [0.717, 1.165) is 18.8 Å². The fourth-order valence-electron chi connectivity index (χ4n) is 2.03. The molecule has 6 nitrogen and oxygen atoms in total. The van der Waals surface area contributed by atoms with E-state index in [9.17, 15) is 4.79 Å². The molecule has 0 aliphatic carbocycles. The highest BCUT2D eigenvalue weighted by atomic mass is 16.5. The van der Waals surface area contributed by atoms with Gasteiger partial charge in [-0.2, -0.15) is 4.98 Å². The molecule has 0 atom stereocenters. The molecule has 0 spiro atoms. The predicted octanol–water partition coefficient (Wildman–Crippen LogP) is 2.85. The number of hydrogen-bond donors (Lipinski definition) is 1. The fraction of sp³-hybridized carbons (Fsp3) is 0.312. The first-order chi connectivity index (χ1) is 10.7. The van der Waals surface area contributed by atoms with Crippen LogP contribution in [-0.2, 0) is 4.74 Å². The lowest BCUT2D eigenvalue weighted by Gasteiger charge is -2.18. The minimum Gasteiger partial charge on any atom is -0.465 e. The van der Waals surface area contributed by atoms with E-state index in [4.69, 9.17) is 0 Å². The van der Waals surface area contributed by atoms with Gasteiger partial charge < -0.3 is 15.0 Å². The summed E-state index contributed by atoms with van der Waals surface area (Å²) in [5.74, 6) is 1.06. The molecule has 0 bridgehead atoms. The van der Waals surface area contributed by atoms with Crippen LogP contribution < -0.4 is 10.2 Å². The summed E-state index contributed by atoms with van der Waals surface area (Å²) in [6, 6.07) is 8.85. The third-order valence-electron chi connectivity index (χ3n) is 3.27. The van der Waals surface area contributed by atoms with Crippen LogP contribution >= 0.6 is 0 Å². The lowest BCUT2D eigenvalue weighted by Crippen LogP contribution is -2.24. The van der Waals surface area contributed by atoms with E-state index in [1.807, 2.05) is 12.1 Å². The number of nitrogens with zero attached hydrogens (tertiary/aromatic N) is 3. The van der Waals surface area contributed by atoms with Crippen LogP contribution in [0.2, 0.25) is 0 Å². The molecular formula is C16H20N4O2. The first-order valence-electron chi connectivity index (χ1n) is 7.21. The number of rotatable bonds is 6. The Morgan fingerprint density at radius 3 is 2.45 bits per heavy atom. The molecule has 0 saturated carbocycles. The first kappa shape index (κ1) is 15.8. The Kier molecular flexibility index (Phi) is 5.30.